The van der Waals surface area contributed by atoms with Gasteiger partial charge in [-0.25, -0.2) is 0 Å². The molecule has 0 spiro atoms. The van der Waals surface area contributed by atoms with Crippen molar-refractivity contribution in [2.75, 3.05) is 16.8 Å². The fourth-order valence-corrected chi connectivity index (χ4v) is 3.75. The number of rotatable bonds is 4. The highest BCUT2D eigenvalue weighted by Gasteiger charge is 2.22. The first kappa shape index (κ1) is 14.1. The molecule has 1 atom stereocenters. The molecule has 1 aromatic carbocycles. The van der Waals surface area contributed by atoms with Gasteiger partial charge in [-0.1, -0.05) is 13.0 Å². The summed E-state index contributed by atoms with van der Waals surface area (Å²) in [7, 11) is 0. The number of nitrogens with zero attached hydrogens (tertiary/aromatic N) is 1. The molecule has 3 nitrogen and oxygen atoms in total. The van der Waals surface area contributed by atoms with Gasteiger partial charge in [0.1, 0.15) is 0 Å². The van der Waals surface area contributed by atoms with E-state index < -0.39 is 0 Å². The number of thiophene rings is 1. The van der Waals surface area contributed by atoms with Crippen molar-refractivity contribution in [3.63, 3.8) is 0 Å². The highest BCUT2D eigenvalue weighted by Crippen LogP contribution is 2.32. The third-order valence-electron chi connectivity index (χ3n) is 3.99. The highest BCUT2D eigenvalue weighted by atomic mass is 32.1. The van der Waals surface area contributed by atoms with E-state index >= 15 is 0 Å². The van der Waals surface area contributed by atoms with Crippen molar-refractivity contribution in [3.05, 3.63) is 46.2 Å². The monoisotopic (exact) mass is 300 g/mol. The van der Waals surface area contributed by atoms with Gasteiger partial charge in [-0.05, 0) is 48.1 Å². The maximum atomic E-state index is 11.6. The quantitative estimate of drug-likeness (QED) is 0.917. The molecule has 1 aliphatic rings. The molecule has 0 bridgehead atoms. The van der Waals surface area contributed by atoms with Gasteiger partial charge >= 0.3 is 0 Å². The van der Waals surface area contributed by atoms with Crippen LogP contribution in [0.15, 0.2) is 35.7 Å². The maximum absolute atomic E-state index is 11.6. The molecule has 3 rings (SSSR count). The highest BCUT2D eigenvalue weighted by molar-refractivity contribution is 7.10. The zero-order valence-corrected chi connectivity index (χ0v) is 13.2. The number of fused-ring (bicyclic) bond motifs is 1. The van der Waals surface area contributed by atoms with E-state index in [1.54, 1.807) is 18.3 Å². The number of anilines is 2. The van der Waals surface area contributed by atoms with Crippen molar-refractivity contribution in [3.8, 4) is 0 Å². The Morgan fingerprint density at radius 3 is 2.95 bits per heavy atom. The maximum Gasteiger partial charge on any atom is 0.223 e. The average molecular weight is 300 g/mol. The summed E-state index contributed by atoms with van der Waals surface area (Å²) in [4.78, 5) is 14.8. The molecule has 2 heterocycles. The van der Waals surface area contributed by atoms with Crippen molar-refractivity contribution >= 4 is 28.6 Å². The molecule has 1 aliphatic heterocycles. The van der Waals surface area contributed by atoms with Crippen LogP contribution in [0.2, 0.25) is 0 Å². The number of carbonyl (C=O) groups is 1. The fraction of sp³-hybridized carbons (Fsp3) is 0.353. The normalized spacial score (nSPS) is 14.9. The van der Waals surface area contributed by atoms with Crippen LogP contribution in [-0.2, 0) is 11.2 Å². The molecule has 0 aliphatic carbocycles. The number of amides is 1. The van der Waals surface area contributed by atoms with Crippen LogP contribution in [0.25, 0.3) is 0 Å². The summed E-state index contributed by atoms with van der Waals surface area (Å²) in [5.41, 5.74) is 3.47. The van der Waals surface area contributed by atoms with Crippen LogP contribution in [0.5, 0.6) is 0 Å². The Hall–Kier alpha value is -1.81. The molecule has 0 saturated heterocycles. The topological polar surface area (TPSA) is 32.3 Å². The van der Waals surface area contributed by atoms with Crippen LogP contribution in [0, 0.1) is 0 Å². The molecule has 1 aromatic heterocycles. The minimum absolute atomic E-state index is 0.125. The number of hydrogen-bond donors (Lipinski definition) is 1. The molecule has 21 heavy (non-hydrogen) atoms. The standard InChI is InChI=1S/C17H20N2OS/c1-3-15(17-5-4-10-21-17)18-14-6-7-16-13(11-14)8-9-19(16)12(2)20/h4-7,10-11,15,18H,3,8-9H2,1-2H3. The second kappa shape index (κ2) is 5.90. The summed E-state index contributed by atoms with van der Waals surface area (Å²) < 4.78 is 0. The van der Waals surface area contributed by atoms with Gasteiger partial charge in [0, 0.05) is 29.7 Å². The van der Waals surface area contributed by atoms with Gasteiger partial charge in [0.2, 0.25) is 5.91 Å². The molecule has 1 unspecified atom stereocenters. The Morgan fingerprint density at radius 2 is 2.29 bits per heavy atom. The summed E-state index contributed by atoms with van der Waals surface area (Å²) in [6, 6.07) is 11.0. The fourth-order valence-electron chi connectivity index (χ4n) is 2.88. The summed E-state index contributed by atoms with van der Waals surface area (Å²) in [6.45, 7) is 4.63. The number of benzene rings is 1. The number of nitrogens with one attached hydrogen (secondary N) is 1. The Kier molecular flexibility index (Phi) is 3.97. The van der Waals surface area contributed by atoms with Crippen LogP contribution >= 0.6 is 11.3 Å². The SMILES string of the molecule is CCC(Nc1ccc2c(c1)CCN2C(C)=O)c1cccs1. The van der Waals surface area contributed by atoms with E-state index in [2.05, 4.69) is 48.0 Å². The Morgan fingerprint density at radius 1 is 1.43 bits per heavy atom. The van der Waals surface area contributed by atoms with Gasteiger partial charge in [-0.3, -0.25) is 4.79 Å². The predicted molar refractivity (Wildman–Crippen MR) is 89.1 cm³/mol. The largest absolute Gasteiger partial charge is 0.377 e. The lowest BCUT2D eigenvalue weighted by atomic mass is 10.1. The van der Waals surface area contributed by atoms with E-state index in [9.17, 15) is 4.79 Å². The minimum atomic E-state index is 0.125. The minimum Gasteiger partial charge on any atom is -0.377 e. The van der Waals surface area contributed by atoms with Crippen molar-refractivity contribution in [2.24, 2.45) is 0 Å². The molecule has 4 heteroatoms. The first-order valence-electron chi connectivity index (χ1n) is 7.40. The van der Waals surface area contributed by atoms with Crippen LogP contribution in [0.3, 0.4) is 0 Å². The third-order valence-corrected chi connectivity index (χ3v) is 4.98. The molecule has 1 N–H and O–H groups in total. The van der Waals surface area contributed by atoms with E-state index in [-0.39, 0.29) is 5.91 Å². The molecule has 0 radical (unpaired) electrons. The second-order valence-electron chi connectivity index (χ2n) is 5.38. The molecule has 110 valence electrons. The molecule has 0 saturated carbocycles. The first-order valence-corrected chi connectivity index (χ1v) is 8.28. The van der Waals surface area contributed by atoms with E-state index in [0.717, 1.165) is 30.8 Å². The lowest BCUT2D eigenvalue weighted by Crippen LogP contribution is -2.25. The summed E-state index contributed by atoms with van der Waals surface area (Å²) in [5, 5.41) is 5.73. The van der Waals surface area contributed by atoms with Crippen molar-refractivity contribution < 1.29 is 4.79 Å². The molecule has 2 aromatic rings. The Bertz CT molecular complexity index is 636. The van der Waals surface area contributed by atoms with Gasteiger partial charge in [-0.15, -0.1) is 11.3 Å². The molecule has 0 fully saturated rings. The number of hydrogen-bond acceptors (Lipinski definition) is 3. The van der Waals surface area contributed by atoms with E-state index in [4.69, 9.17) is 0 Å². The average Bonchev–Trinajstić information content (AvgIpc) is 3.13. The summed E-state index contributed by atoms with van der Waals surface area (Å²) in [5.74, 6) is 0.125. The lowest BCUT2D eigenvalue weighted by Gasteiger charge is -2.19. The van der Waals surface area contributed by atoms with Crippen molar-refractivity contribution in [1.82, 2.24) is 0 Å². The zero-order valence-electron chi connectivity index (χ0n) is 12.4. The van der Waals surface area contributed by atoms with Gasteiger partial charge in [0.15, 0.2) is 0 Å². The van der Waals surface area contributed by atoms with E-state index in [1.807, 2.05) is 4.90 Å². The van der Waals surface area contributed by atoms with Gasteiger partial charge in [0.05, 0.1) is 6.04 Å². The lowest BCUT2D eigenvalue weighted by molar-refractivity contribution is -0.116. The van der Waals surface area contributed by atoms with Crippen LogP contribution in [-0.4, -0.2) is 12.5 Å². The molecule has 1 amide bonds. The molecular formula is C17H20N2OS. The van der Waals surface area contributed by atoms with Crippen LogP contribution < -0.4 is 10.2 Å². The first-order chi connectivity index (χ1) is 10.2. The Labute approximate surface area is 129 Å². The number of carbonyl (C=O) groups excluding carboxylic acids is 1. The van der Waals surface area contributed by atoms with E-state index in [1.165, 1.54) is 10.4 Å². The zero-order chi connectivity index (χ0) is 14.8. The Balaban J connectivity index is 1.80. The van der Waals surface area contributed by atoms with Gasteiger partial charge < -0.3 is 10.2 Å². The summed E-state index contributed by atoms with van der Waals surface area (Å²) >= 11 is 1.79. The van der Waals surface area contributed by atoms with Crippen molar-refractivity contribution in [1.29, 1.82) is 0 Å². The third kappa shape index (κ3) is 2.81. The van der Waals surface area contributed by atoms with Crippen LogP contribution in [0.4, 0.5) is 11.4 Å². The smallest absolute Gasteiger partial charge is 0.223 e. The van der Waals surface area contributed by atoms with Gasteiger partial charge in [-0.2, -0.15) is 0 Å². The van der Waals surface area contributed by atoms with E-state index in [0.29, 0.717) is 6.04 Å². The summed E-state index contributed by atoms with van der Waals surface area (Å²) in [6.07, 6.45) is 2.00. The van der Waals surface area contributed by atoms with Gasteiger partial charge in [0.25, 0.3) is 0 Å². The molecular weight excluding hydrogens is 280 g/mol. The second-order valence-corrected chi connectivity index (χ2v) is 6.36. The predicted octanol–water partition coefficient (Wildman–Crippen LogP) is 4.22. The van der Waals surface area contributed by atoms with Crippen molar-refractivity contribution in [2.45, 2.75) is 32.7 Å². The van der Waals surface area contributed by atoms with Crippen LogP contribution in [0.1, 0.15) is 36.8 Å².